The van der Waals surface area contributed by atoms with Gasteiger partial charge in [-0.1, -0.05) is 67.3 Å². The molecular weight excluding hydrogens is 204 g/mol. The van der Waals surface area contributed by atoms with Gasteiger partial charge >= 0.3 is 0 Å². The zero-order chi connectivity index (χ0) is 12.3. The van der Waals surface area contributed by atoms with Crippen molar-refractivity contribution in [3.05, 3.63) is 72.8 Å². The first kappa shape index (κ1) is 11.4. The number of hydrogen-bond acceptors (Lipinski definition) is 0. The number of rotatable bonds is 3. The molecule has 0 unspecified atom stereocenters. The van der Waals surface area contributed by atoms with Gasteiger partial charge in [0, 0.05) is 0 Å². The maximum Gasteiger partial charge on any atom is -0.0178 e. The molecule has 0 spiro atoms. The first-order chi connectivity index (χ1) is 8.20. The maximum absolute atomic E-state index is 3.97. The van der Waals surface area contributed by atoms with Gasteiger partial charge in [-0.3, -0.25) is 0 Å². The third-order valence-corrected chi connectivity index (χ3v) is 2.84. The SMILES string of the molecule is C=Cc1ccc(-c2cccc(C(=C)C)c2)cc1. The molecule has 17 heavy (non-hydrogen) atoms. The molecule has 0 aliphatic carbocycles. The Labute approximate surface area is 103 Å². The lowest BCUT2D eigenvalue weighted by Gasteiger charge is -2.05. The Balaban J connectivity index is 2.41. The lowest BCUT2D eigenvalue weighted by Crippen LogP contribution is -1.82. The van der Waals surface area contributed by atoms with E-state index in [-0.39, 0.29) is 0 Å². The van der Waals surface area contributed by atoms with Crippen molar-refractivity contribution in [2.45, 2.75) is 6.92 Å². The highest BCUT2D eigenvalue weighted by atomic mass is 14.0. The Hall–Kier alpha value is -2.08. The number of hydrogen-bond donors (Lipinski definition) is 0. The fourth-order valence-corrected chi connectivity index (χ4v) is 1.78. The molecule has 2 aromatic carbocycles. The third-order valence-electron chi connectivity index (χ3n) is 2.84. The van der Waals surface area contributed by atoms with E-state index in [0.29, 0.717) is 0 Å². The second kappa shape index (κ2) is 4.84. The van der Waals surface area contributed by atoms with Crippen LogP contribution in [0.15, 0.2) is 61.7 Å². The molecule has 0 aliphatic heterocycles. The Morgan fingerprint density at radius 3 is 2.29 bits per heavy atom. The smallest absolute Gasteiger partial charge is 0.0178 e. The van der Waals surface area contributed by atoms with Gasteiger partial charge in [0.25, 0.3) is 0 Å². The summed E-state index contributed by atoms with van der Waals surface area (Å²) in [5.41, 5.74) is 5.87. The summed E-state index contributed by atoms with van der Waals surface area (Å²) in [6, 6.07) is 16.8. The summed E-state index contributed by atoms with van der Waals surface area (Å²) in [6.07, 6.45) is 1.86. The van der Waals surface area contributed by atoms with Crippen molar-refractivity contribution in [2.75, 3.05) is 0 Å². The van der Waals surface area contributed by atoms with E-state index in [0.717, 1.165) is 11.1 Å². The highest BCUT2D eigenvalue weighted by Crippen LogP contribution is 2.23. The van der Waals surface area contributed by atoms with Crippen LogP contribution in [0.2, 0.25) is 0 Å². The minimum Gasteiger partial charge on any atom is -0.0985 e. The predicted octanol–water partition coefficient (Wildman–Crippen LogP) is 5.03. The summed E-state index contributed by atoms with van der Waals surface area (Å²) in [5, 5.41) is 0. The van der Waals surface area contributed by atoms with Crippen LogP contribution in [0.1, 0.15) is 18.1 Å². The van der Waals surface area contributed by atoms with Crippen LogP contribution < -0.4 is 0 Å². The molecule has 0 N–H and O–H groups in total. The molecule has 2 aromatic rings. The lowest BCUT2D eigenvalue weighted by atomic mass is 9.99. The molecule has 0 radical (unpaired) electrons. The van der Waals surface area contributed by atoms with Crippen LogP contribution in [0, 0.1) is 0 Å². The van der Waals surface area contributed by atoms with E-state index in [1.807, 2.05) is 13.0 Å². The van der Waals surface area contributed by atoms with Crippen LogP contribution >= 0.6 is 0 Å². The molecule has 0 aromatic heterocycles. The van der Waals surface area contributed by atoms with Gasteiger partial charge in [0.1, 0.15) is 0 Å². The predicted molar refractivity (Wildman–Crippen MR) is 76.7 cm³/mol. The monoisotopic (exact) mass is 220 g/mol. The van der Waals surface area contributed by atoms with E-state index in [1.54, 1.807) is 0 Å². The van der Waals surface area contributed by atoms with E-state index >= 15 is 0 Å². The van der Waals surface area contributed by atoms with E-state index in [4.69, 9.17) is 0 Å². The number of benzene rings is 2. The Bertz CT molecular complexity index is 545. The van der Waals surface area contributed by atoms with Crippen LogP contribution in [0.3, 0.4) is 0 Å². The van der Waals surface area contributed by atoms with Gasteiger partial charge in [-0.2, -0.15) is 0 Å². The van der Waals surface area contributed by atoms with Crippen molar-refractivity contribution in [3.63, 3.8) is 0 Å². The van der Waals surface area contributed by atoms with Gasteiger partial charge in [0.15, 0.2) is 0 Å². The standard InChI is InChI=1S/C17H16/c1-4-14-8-10-15(11-9-14)17-7-5-6-16(12-17)13(2)3/h4-12H,1-2H2,3H3. The van der Waals surface area contributed by atoms with Gasteiger partial charge < -0.3 is 0 Å². The maximum atomic E-state index is 3.97. The molecule has 0 fully saturated rings. The molecular formula is C17H16. The zero-order valence-corrected chi connectivity index (χ0v) is 10.1. The molecule has 0 bridgehead atoms. The molecule has 0 aliphatic rings. The summed E-state index contributed by atoms with van der Waals surface area (Å²) >= 11 is 0. The average Bonchev–Trinajstić information content (AvgIpc) is 2.39. The van der Waals surface area contributed by atoms with Crippen molar-refractivity contribution in [1.82, 2.24) is 0 Å². The van der Waals surface area contributed by atoms with E-state index in [2.05, 4.69) is 61.7 Å². The Morgan fingerprint density at radius 2 is 1.71 bits per heavy atom. The van der Waals surface area contributed by atoms with Crippen molar-refractivity contribution >= 4 is 11.6 Å². The van der Waals surface area contributed by atoms with Gasteiger partial charge in [0.05, 0.1) is 0 Å². The highest BCUT2D eigenvalue weighted by molar-refractivity contribution is 5.71. The van der Waals surface area contributed by atoms with Gasteiger partial charge in [-0.25, -0.2) is 0 Å². The van der Waals surface area contributed by atoms with Crippen molar-refractivity contribution in [2.24, 2.45) is 0 Å². The summed E-state index contributed by atoms with van der Waals surface area (Å²) < 4.78 is 0. The second-order valence-electron chi connectivity index (χ2n) is 4.19. The first-order valence-corrected chi connectivity index (χ1v) is 5.69. The molecule has 0 amide bonds. The summed E-state index contributed by atoms with van der Waals surface area (Å²) in [7, 11) is 0. The average molecular weight is 220 g/mol. The van der Waals surface area contributed by atoms with Crippen molar-refractivity contribution in [3.8, 4) is 11.1 Å². The van der Waals surface area contributed by atoms with Crippen LogP contribution in [-0.4, -0.2) is 0 Å². The topological polar surface area (TPSA) is 0 Å². The molecule has 2 rings (SSSR count). The molecule has 0 atom stereocenters. The van der Waals surface area contributed by atoms with Crippen molar-refractivity contribution in [1.29, 1.82) is 0 Å². The molecule has 0 nitrogen and oxygen atoms in total. The third kappa shape index (κ3) is 2.54. The van der Waals surface area contributed by atoms with E-state index in [1.165, 1.54) is 16.7 Å². The fraction of sp³-hybridized carbons (Fsp3) is 0.0588. The molecule has 0 heteroatoms. The Kier molecular flexibility index (Phi) is 3.24. The van der Waals surface area contributed by atoms with Crippen LogP contribution in [-0.2, 0) is 0 Å². The Morgan fingerprint density at radius 1 is 1.00 bits per heavy atom. The van der Waals surface area contributed by atoms with Crippen LogP contribution in [0.5, 0.6) is 0 Å². The summed E-state index contributed by atoms with van der Waals surface area (Å²) in [6.45, 7) is 9.76. The zero-order valence-electron chi connectivity index (χ0n) is 10.1. The first-order valence-electron chi connectivity index (χ1n) is 5.69. The highest BCUT2D eigenvalue weighted by Gasteiger charge is 1.99. The second-order valence-corrected chi connectivity index (χ2v) is 4.19. The van der Waals surface area contributed by atoms with Gasteiger partial charge in [-0.15, -0.1) is 0 Å². The largest absolute Gasteiger partial charge is 0.0985 e. The molecule has 0 saturated carbocycles. The minimum atomic E-state index is 1.09. The van der Waals surface area contributed by atoms with E-state index in [9.17, 15) is 0 Å². The summed E-state index contributed by atoms with van der Waals surface area (Å²) in [5.74, 6) is 0. The molecule has 0 saturated heterocycles. The molecule has 0 heterocycles. The van der Waals surface area contributed by atoms with Gasteiger partial charge in [-0.05, 0) is 35.2 Å². The normalized spacial score (nSPS) is 9.94. The van der Waals surface area contributed by atoms with Crippen molar-refractivity contribution < 1.29 is 0 Å². The fourth-order valence-electron chi connectivity index (χ4n) is 1.78. The van der Waals surface area contributed by atoms with Gasteiger partial charge in [0.2, 0.25) is 0 Å². The minimum absolute atomic E-state index is 1.09. The van der Waals surface area contributed by atoms with Crippen LogP contribution in [0.25, 0.3) is 22.8 Å². The summed E-state index contributed by atoms with van der Waals surface area (Å²) in [4.78, 5) is 0. The number of allylic oxidation sites excluding steroid dienone is 1. The lowest BCUT2D eigenvalue weighted by molar-refractivity contribution is 1.55. The quantitative estimate of drug-likeness (QED) is 0.680. The van der Waals surface area contributed by atoms with E-state index < -0.39 is 0 Å². The van der Waals surface area contributed by atoms with Crippen LogP contribution in [0.4, 0.5) is 0 Å². The molecule has 84 valence electrons.